The molecule has 0 unspecified atom stereocenters. The van der Waals surface area contributed by atoms with Crippen LogP contribution in [-0.2, 0) is 11.3 Å². The van der Waals surface area contributed by atoms with E-state index in [-0.39, 0.29) is 24.3 Å². The molecule has 2 aliphatic rings. The monoisotopic (exact) mass is 364 g/mol. The fourth-order valence-electron chi connectivity index (χ4n) is 3.75. The predicted molar refractivity (Wildman–Crippen MR) is 99.2 cm³/mol. The smallest absolute Gasteiger partial charge is 0.262 e. The summed E-state index contributed by atoms with van der Waals surface area (Å²) in [7, 11) is 0. The lowest BCUT2D eigenvalue weighted by Gasteiger charge is -2.33. The molecule has 1 fully saturated rings. The van der Waals surface area contributed by atoms with Crippen LogP contribution < -0.4 is 4.90 Å². The summed E-state index contributed by atoms with van der Waals surface area (Å²) < 4.78 is 0. The van der Waals surface area contributed by atoms with Gasteiger partial charge in [0, 0.05) is 5.56 Å². The molecule has 1 saturated heterocycles. The van der Waals surface area contributed by atoms with Gasteiger partial charge in [0.05, 0.1) is 37.3 Å². The molecule has 0 spiro atoms. The van der Waals surface area contributed by atoms with Crippen LogP contribution in [-0.4, -0.2) is 60.2 Å². The Morgan fingerprint density at radius 3 is 2.00 bits per heavy atom. The number of fused-ring (bicyclic) bond motifs is 1. The van der Waals surface area contributed by atoms with E-state index in [1.54, 1.807) is 29.2 Å². The second-order valence-electron chi connectivity index (χ2n) is 7.04. The molecule has 0 aromatic heterocycles. The van der Waals surface area contributed by atoms with Crippen LogP contribution in [0.15, 0.2) is 54.6 Å². The molecule has 0 radical (unpaired) electrons. The van der Waals surface area contributed by atoms with Crippen LogP contribution in [0.3, 0.4) is 0 Å². The Kier molecular flexibility index (Phi) is 4.73. The number of carbonyl (C=O) groups is 3. The number of amides is 3. The highest BCUT2D eigenvalue weighted by atomic mass is 16.2. The molecule has 4 rings (SSSR count). The molecular weight excluding hydrogens is 342 g/mol. The van der Waals surface area contributed by atoms with Crippen LogP contribution in [0.5, 0.6) is 0 Å². The maximum atomic E-state index is 12.6. The quantitative estimate of drug-likeness (QED) is 0.789. The molecule has 138 valence electrons. The molecule has 3 amide bonds. The highest BCUT2D eigenvalue weighted by Crippen LogP contribution is 2.22. The Labute approximate surface area is 158 Å². The van der Waals surface area contributed by atoms with E-state index in [1.165, 1.54) is 10.5 Å². The minimum absolute atomic E-state index is 0.164. The molecule has 2 aliphatic heterocycles. The Morgan fingerprint density at radius 1 is 0.852 bits per heavy atom. The summed E-state index contributed by atoms with van der Waals surface area (Å²) in [6, 6.07) is 17.0. The third kappa shape index (κ3) is 3.48. The summed E-state index contributed by atoms with van der Waals surface area (Å²) in [4.78, 5) is 41.7. The number of benzene rings is 2. The third-order valence-electron chi connectivity index (χ3n) is 5.29. The Hall–Kier alpha value is -2.99. The van der Waals surface area contributed by atoms with Crippen molar-refractivity contribution >= 4 is 17.7 Å². The fraction of sp³-hybridized carbons (Fsp3) is 0.286. The number of piperazine rings is 1. The molecule has 2 aromatic rings. The zero-order valence-corrected chi connectivity index (χ0v) is 15.1. The summed E-state index contributed by atoms with van der Waals surface area (Å²) in [5, 5.41) is 0. The zero-order valence-electron chi connectivity index (χ0n) is 15.1. The number of hydrogen-bond acceptors (Lipinski definition) is 3. The van der Waals surface area contributed by atoms with Crippen LogP contribution >= 0.6 is 0 Å². The van der Waals surface area contributed by atoms with Gasteiger partial charge in [-0.3, -0.25) is 19.3 Å². The minimum atomic E-state index is -0.378. The van der Waals surface area contributed by atoms with Gasteiger partial charge in [-0.15, -0.1) is 0 Å². The van der Waals surface area contributed by atoms with Gasteiger partial charge in [0.1, 0.15) is 13.1 Å². The standard InChI is InChI=1S/C21H21N3O3/c25-19(15-24-20(26)17-8-4-5-9-18(17)21(24)27)23-12-10-22(11-13-23)14-16-6-2-1-3-7-16/h1-9H,10-15H2/p+1. The first-order valence-corrected chi connectivity index (χ1v) is 9.24. The average Bonchev–Trinajstić information content (AvgIpc) is 2.94. The maximum Gasteiger partial charge on any atom is 0.262 e. The van der Waals surface area contributed by atoms with E-state index in [4.69, 9.17) is 0 Å². The first kappa shape index (κ1) is 17.4. The molecule has 2 aromatic carbocycles. The first-order valence-electron chi connectivity index (χ1n) is 9.24. The lowest BCUT2D eigenvalue weighted by atomic mass is 10.1. The molecule has 27 heavy (non-hydrogen) atoms. The first-order chi connectivity index (χ1) is 13.1. The van der Waals surface area contributed by atoms with Gasteiger partial charge in [-0.05, 0) is 12.1 Å². The molecule has 1 N–H and O–H groups in total. The topological polar surface area (TPSA) is 62.1 Å². The summed E-state index contributed by atoms with van der Waals surface area (Å²) in [6.07, 6.45) is 0. The Balaban J connectivity index is 1.33. The number of imide groups is 1. The van der Waals surface area contributed by atoms with E-state index in [0.717, 1.165) is 24.5 Å². The second kappa shape index (κ2) is 7.32. The fourth-order valence-corrected chi connectivity index (χ4v) is 3.75. The van der Waals surface area contributed by atoms with E-state index in [9.17, 15) is 14.4 Å². The van der Waals surface area contributed by atoms with E-state index in [0.29, 0.717) is 24.2 Å². The number of hydrogen-bond donors (Lipinski definition) is 1. The highest BCUT2D eigenvalue weighted by Gasteiger charge is 2.37. The van der Waals surface area contributed by atoms with Crippen molar-refractivity contribution in [2.45, 2.75) is 6.54 Å². The molecule has 0 atom stereocenters. The van der Waals surface area contributed by atoms with Crippen LogP contribution in [0.2, 0.25) is 0 Å². The predicted octanol–water partition coefficient (Wildman–Crippen LogP) is 0.210. The largest absolute Gasteiger partial charge is 0.330 e. The van der Waals surface area contributed by atoms with Gasteiger partial charge >= 0.3 is 0 Å². The van der Waals surface area contributed by atoms with Crippen molar-refractivity contribution in [1.29, 1.82) is 0 Å². The van der Waals surface area contributed by atoms with Gasteiger partial charge in [-0.1, -0.05) is 42.5 Å². The van der Waals surface area contributed by atoms with Gasteiger partial charge < -0.3 is 9.80 Å². The van der Waals surface area contributed by atoms with E-state index < -0.39 is 0 Å². The lowest BCUT2D eigenvalue weighted by Crippen LogP contribution is -3.13. The Morgan fingerprint density at radius 2 is 1.41 bits per heavy atom. The van der Waals surface area contributed by atoms with Gasteiger partial charge in [0.15, 0.2) is 0 Å². The van der Waals surface area contributed by atoms with E-state index in [2.05, 4.69) is 12.1 Å². The van der Waals surface area contributed by atoms with Crippen LogP contribution in [0.4, 0.5) is 0 Å². The molecule has 0 bridgehead atoms. The molecule has 0 saturated carbocycles. The van der Waals surface area contributed by atoms with Crippen molar-refractivity contribution in [3.63, 3.8) is 0 Å². The molecule has 2 heterocycles. The van der Waals surface area contributed by atoms with Crippen LogP contribution in [0.25, 0.3) is 0 Å². The van der Waals surface area contributed by atoms with Crippen molar-refractivity contribution in [1.82, 2.24) is 9.80 Å². The van der Waals surface area contributed by atoms with E-state index >= 15 is 0 Å². The summed E-state index contributed by atoms with van der Waals surface area (Å²) in [6.45, 7) is 3.78. The van der Waals surface area contributed by atoms with E-state index in [1.807, 2.05) is 18.2 Å². The van der Waals surface area contributed by atoms with Crippen molar-refractivity contribution in [3.05, 3.63) is 71.3 Å². The highest BCUT2D eigenvalue weighted by molar-refractivity contribution is 6.22. The Bertz CT molecular complexity index is 838. The molecular formula is C21H22N3O3+. The number of quaternary nitrogens is 1. The summed E-state index contributed by atoms with van der Waals surface area (Å²) in [5.74, 6) is -0.919. The van der Waals surface area contributed by atoms with Crippen LogP contribution in [0, 0.1) is 0 Å². The van der Waals surface area contributed by atoms with Gasteiger partial charge in [-0.25, -0.2) is 0 Å². The number of carbonyl (C=O) groups excluding carboxylic acids is 3. The molecule has 6 heteroatoms. The van der Waals surface area contributed by atoms with Crippen molar-refractivity contribution in [3.8, 4) is 0 Å². The summed E-state index contributed by atoms with van der Waals surface area (Å²) >= 11 is 0. The van der Waals surface area contributed by atoms with Crippen molar-refractivity contribution < 1.29 is 19.3 Å². The minimum Gasteiger partial charge on any atom is -0.330 e. The second-order valence-corrected chi connectivity index (χ2v) is 7.04. The number of rotatable bonds is 4. The normalized spacial score (nSPS) is 17.3. The lowest BCUT2D eigenvalue weighted by molar-refractivity contribution is -0.917. The van der Waals surface area contributed by atoms with Crippen molar-refractivity contribution in [2.75, 3.05) is 32.7 Å². The summed E-state index contributed by atoms with van der Waals surface area (Å²) in [5.41, 5.74) is 2.05. The average molecular weight is 364 g/mol. The zero-order chi connectivity index (χ0) is 18.8. The maximum absolute atomic E-state index is 12.6. The molecule has 0 aliphatic carbocycles. The number of nitrogens with one attached hydrogen (secondary N) is 1. The van der Waals surface area contributed by atoms with Gasteiger partial charge in [0.2, 0.25) is 5.91 Å². The van der Waals surface area contributed by atoms with Gasteiger partial charge in [0.25, 0.3) is 11.8 Å². The SMILES string of the molecule is O=C(CN1C(=O)c2ccccc2C1=O)N1CC[NH+](Cc2ccccc2)CC1. The number of nitrogens with zero attached hydrogens (tertiary/aromatic N) is 2. The van der Waals surface area contributed by atoms with Crippen molar-refractivity contribution in [2.24, 2.45) is 0 Å². The van der Waals surface area contributed by atoms with Crippen LogP contribution in [0.1, 0.15) is 26.3 Å². The van der Waals surface area contributed by atoms with Gasteiger partial charge in [-0.2, -0.15) is 0 Å². The molecule has 6 nitrogen and oxygen atoms in total. The third-order valence-corrected chi connectivity index (χ3v) is 5.29.